The smallest absolute Gasteiger partial charge is 0.243 e. The van der Waals surface area contributed by atoms with E-state index in [9.17, 15) is 13.2 Å². The standard InChI is InChI=1S/C26H33N3O5S/c1-2-28-12-14-29(15-13-28)35(31,32)22-7-5-6-21(19-22)27-25(30)26(10-3-4-11-26)20-8-9-23-24(18-20)34-17-16-33-23/h5-9,18-19H,2-4,10-17H2,1H3,(H,27,30). The van der Waals surface area contributed by atoms with E-state index in [0.717, 1.165) is 50.9 Å². The molecule has 1 N–H and O–H groups in total. The summed E-state index contributed by atoms with van der Waals surface area (Å²) in [6, 6.07) is 12.4. The fraction of sp³-hybridized carbons (Fsp3) is 0.500. The Balaban J connectivity index is 1.37. The van der Waals surface area contributed by atoms with Gasteiger partial charge in [-0.05, 0) is 55.3 Å². The van der Waals surface area contributed by atoms with Crippen LogP contribution in [0.15, 0.2) is 47.4 Å². The van der Waals surface area contributed by atoms with Crippen LogP contribution in [0.3, 0.4) is 0 Å². The molecule has 2 aromatic carbocycles. The van der Waals surface area contributed by atoms with Crippen LogP contribution in [-0.4, -0.2) is 69.5 Å². The first-order chi connectivity index (χ1) is 16.9. The molecule has 3 aliphatic rings. The van der Waals surface area contributed by atoms with Gasteiger partial charge >= 0.3 is 0 Å². The Hall–Kier alpha value is -2.62. The van der Waals surface area contributed by atoms with E-state index in [1.807, 2.05) is 18.2 Å². The van der Waals surface area contributed by atoms with Gasteiger partial charge in [0, 0.05) is 31.9 Å². The number of anilines is 1. The summed E-state index contributed by atoms with van der Waals surface area (Å²) in [6.07, 6.45) is 3.39. The molecule has 0 aromatic heterocycles. The summed E-state index contributed by atoms with van der Waals surface area (Å²) in [4.78, 5) is 16.1. The summed E-state index contributed by atoms with van der Waals surface area (Å²) in [5.41, 5.74) is 0.725. The van der Waals surface area contributed by atoms with Gasteiger partial charge < -0.3 is 19.7 Å². The van der Waals surface area contributed by atoms with Crippen LogP contribution in [0.1, 0.15) is 38.2 Å². The first-order valence-electron chi connectivity index (χ1n) is 12.5. The van der Waals surface area contributed by atoms with Crippen molar-refractivity contribution < 1.29 is 22.7 Å². The van der Waals surface area contributed by atoms with Crippen molar-refractivity contribution in [1.82, 2.24) is 9.21 Å². The molecule has 1 saturated carbocycles. The molecule has 1 saturated heterocycles. The van der Waals surface area contributed by atoms with E-state index in [1.54, 1.807) is 24.3 Å². The van der Waals surface area contributed by atoms with Gasteiger partial charge in [-0.2, -0.15) is 4.31 Å². The van der Waals surface area contributed by atoms with Crippen LogP contribution in [0, 0.1) is 0 Å². The van der Waals surface area contributed by atoms with Gasteiger partial charge in [0.1, 0.15) is 13.2 Å². The van der Waals surface area contributed by atoms with Crippen molar-refractivity contribution in [3.63, 3.8) is 0 Å². The molecule has 5 rings (SSSR count). The third kappa shape index (κ3) is 4.64. The first kappa shape index (κ1) is 24.1. The van der Waals surface area contributed by atoms with Crippen molar-refractivity contribution in [3.05, 3.63) is 48.0 Å². The molecule has 188 valence electrons. The topological polar surface area (TPSA) is 88.2 Å². The molecule has 0 atom stereocenters. The Kier molecular flexibility index (Phi) is 6.74. The number of sulfonamides is 1. The normalized spacial score (nSPS) is 20.5. The molecule has 1 amide bonds. The molecule has 2 fully saturated rings. The van der Waals surface area contributed by atoms with E-state index < -0.39 is 15.4 Å². The number of amides is 1. The Bertz CT molecular complexity index is 1190. The number of ether oxygens (including phenoxy) is 2. The quantitative estimate of drug-likeness (QED) is 0.657. The zero-order chi connectivity index (χ0) is 24.5. The highest BCUT2D eigenvalue weighted by molar-refractivity contribution is 7.89. The monoisotopic (exact) mass is 499 g/mol. The SMILES string of the molecule is CCN1CCN(S(=O)(=O)c2cccc(NC(=O)C3(c4ccc5c(c4)OCCO5)CCCC3)c2)CC1. The molecule has 0 spiro atoms. The van der Waals surface area contributed by atoms with Gasteiger partial charge in [-0.25, -0.2) is 8.42 Å². The highest BCUT2D eigenvalue weighted by atomic mass is 32.2. The van der Waals surface area contributed by atoms with E-state index in [2.05, 4.69) is 17.1 Å². The lowest BCUT2D eigenvalue weighted by Gasteiger charge is -2.33. The van der Waals surface area contributed by atoms with Crippen LogP contribution >= 0.6 is 0 Å². The van der Waals surface area contributed by atoms with Gasteiger partial charge in [-0.1, -0.05) is 31.9 Å². The Morgan fingerprint density at radius 2 is 1.69 bits per heavy atom. The Morgan fingerprint density at radius 1 is 0.971 bits per heavy atom. The van der Waals surface area contributed by atoms with E-state index in [-0.39, 0.29) is 10.8 Å². The van der Waals surface area contributed by atoms with Crippen LogP contribution < -0.4 is 14.8 Å². The largest absolute Gasteiger partial charge is 0.486 e. The van der Waals surface area contributed by atoms with Gasteiger partial charge in [0.15, 0.2) is 11.5 Å². The van der Waals surface area contributed by atoms with Crippen LogP contribution in [0.2, 0.25) is 0 Å². The lowest BCUT2D eigenvalue weighted by atomic mass is 9.77. The van der Waals surface area contributed by atoms with Crippen molar-refractivity contribution in [2.75, 3.05) is 51.3 Å². The first-order valence-corrected chi connectivity index (χ1v) is 13.9. The number of piperazine rings is 1. The summed E-state index contributed by atoms with van der Waals surface area (Å²) in [6.45, 7) is 6.41. The molecule has 1 aliphatic carbocycles. The molecule has 0 radical (unpaired) electrons. The van der Waals surface area contributed by atoms with Crippen LogP contribution in [0.25, 0.3) is 0 Å². The maximum absolute atomic E-state index is 13.7. The predicted octanol–water partition coefficient (Wildman–Crippen LogP) is 3.23. The minimum absolute atomic E-state index is 0.113. The second-order valence-electron chi connectivity index (χ2n) is 9.47. The van der Waals surface area contributed by atoms with Crippen molar-refractivity contribution in [2.45, 2.75) is 42.9 Å². The lowest BCUT2D eigenvalue weighted by Crippen LogP contribution is -2.48. The molecule has 2 aliphatic heterocycles. The minimum atomic E-state index is -3.62. The maximum Gasteiger partial charge on any atom is 0.243 e. The number of nitrogens with one attached hydrogen (secondary N) is 1. The van der Waals surface area contributed by atoms with E-state index in [4.69, 9.17) is 9.47 Å². The molecular formula is C26H33N3O5S. The fourth-order valence-corrected chi connectivity index (χ4v) is 6.86. The molecule has 8 nitrogen and oxygen atoms in total. The molecule has 2 heterocycles. The predicted molar refractivity (Wildman–Crippen MR) is 134 cm³/mol. The molecule has 0 bridgehead atoms. The number of fused-ring (bicyclic) bond motifs is 1. The van der Waals surface area contributed by atoms with Gasteiger partial charge in [-0.15, -0.1) is 0 Å². The zero-order valence-electron chi connectivity index (χ0n) is 20.2. The summed E-state index contributed by atoms with van der Waals surface area (Å²) in [5.74, 6) is 1.26. The molecule has 0 unspecified atom stereocenters. The number of carbonyl (C=O) groups excluding carboxylic acids is 1. The second kappa shape index (κ2) is 9.79. The molecule has 2 aromatic rings. The Labute approximate surface area is 207 Å². The average Bonchev–Trinajstić information content (AvgIpc) is 3.40. The highest BCUT2D eigenvalue weighted by Crippen LogP contribution is 2.45. The van der Waals surface area contributed by atoms with Crippen molar-refractivity contribution in [3.8, 4) is 11.5 Å². The molecular weight excluding hydrogens is 466 g/mol. The maximum atomic E-state index is 13.7. The van der Waals surface area contributed by atoms with Gasteiger partial charge in [0.05, 0.1) is 10.3 Å². The third-order valence-electron chi connectivity index (χ3n) is 7.49. The van der Waals surface area contributed by atoms with Crippen molar-refractivity contribution in [1.29, 1.82) is 0 Å². The number of hydrogen-bond acceptors (Lipinski definition) is 6. The number of likely N-dealkylation sites (N-methyl/N-ethyl adjacent to an activating group) is 1. The number of nitrogens with zero attached hydrogens (tertiary/aromatic N) is 2. The molecule has 35 heavy (non-hydrogen) atoms. The van der Waals surface area contributed by atoms with Crippen molar-refractivity contribution in [2.24, 2.45) is 0 Å². The third-order valence-corrected chi connectivity index (χ3v) is 9.39. The zero-order valence-corrected chi connectivity index (χ0v) is 21.0. The van der Waals surface area contributed by atoms with Crippen LogP contribution in [0.4, 0.5) is 5.69 Å². The second-order valence-corrected chi connectivity index (χ2v) is 11.4. The number of carbonyl (C=O) groups is 1. The van der Waals surface area contributed by atoms with Gasteiger partial charge in [0.25, 0.3) is 0 Å². The van der Waals surface area contributed by atoms with Gasteiger partial charge in [0.2, 0.25) is 15.9 Å². The molecule has 9 heteroatoms. The van der Waals surface area contributed by atoms with Gasteiger partial charge in [-0.3, -0.25) is 4.79 Å². The summed E-state index contributed by atoms with van der Waals surface area (Å²) in [7, 11) is -3.62. The number of rotatable bonds is 6. The summed E-state index contributed by atoms with van der Waals surface area (Å²) >= 11 is 0. The van der Waals surface area contributed by atoms with Crippen LogP contribution in [0.5, 0.6) is 11.5 Å². The highest BCUT2D eigenvalue weighted by Gasteiger charge is 2.43. The number of benzene rings is 2. The Morgan fingerprint density at radius 3 is 2.40 bits per heavy atom. The number of hydrogen-bond donors (Lipinski definition) is 1. The minimum Gasteiger partial charge on any atom is -0.486 e. The average molecular weight is 500 g/mol. The lowest BCUT2D eigenvalue weighted by molar-refractivity contribution is -0.121. The summed E-state index contributed by atoms with van der Waals surface area (Å²) < 4.78 is 39.5. The van der Waals surface area contributed by atoms with Crippen LogP contribution in [-0.2, 0) is 20.2 Å². The van der Waals surface area contributed by atoms with E-state index in [1.165, 1.54) is 4.31 Å². The summed E-state index contributed by atoms with van der Waals surface area (Å²) in [5, 5.41) is 3.03. The van der Waals surface area contributed by atoms with E-state index in [0.29, 0.717) is 43.5 Å². The van der Waals surface area contributed by atoms with Crippen molar-refractivity contribution >= 4 is 21.6 Å². The van der Waals surface area contributed by atoms with E-state index >= 15 is 0 Å². The fourth-order valence-electron chi connectivity index (χ4n) is 5.39.